The third-order valence-electron chi connectivity index (χ3n) is 3.50. The van der Waals surface area contributed by atoms with Gasteiger partial charge in [0.05, 0.1) is 12.5 Å². The lowest BCUT2D eigenvalue weighted by molar-refractivity contribution is 0.446. The third kappa shape index (κ3) is 3.38. The molecule has 1 aliphatic rings. The van der Waals surface area contributed by atoms with Crippen LogP contribution in [-0.2, 0) is 6.42 Å². The number of furan rings is 1. The Morgan fingerprint density at radius 3 is 2.87 bits per heavy atom. The Morgan fingerprint density at radius 1 is 1.40 bits per heavy atom. The van der Waals surface area contributed by atoms with E-state index in [1.54, 1.807) is 12.5 Å². The summed E-state index contributed by atoms with van der Waals surface area (Å²) in [5.41, 5.74) is 7.33. The molecule has 2 nitrogen and oxygen atoms in total. The van der Waals surface area contributed by atoms with Crippen LogP contribution in [0.1, 0.15) is 44.1 Å². The van der Waals surface area contributed by atoms with Crippen LogP contribution in [0.25, 0.3) is 0 Å². The van der Waals surface area contributed by atoms with Crippen molar-refractivity contribution in [1.82, 2.24) is 0 Å². The average Bonchev–Trinajstić information content (AvgIpc) is 2.86. The first-order valence-electron chi connectivity index (χ1n) is 6.11. The van der Waals surface area contributed by atoms with E-state index in [0.29, 0.717) is 6.04 Å². The fourth-order valence-corrected chi connectivity index (χ4v) is 2.56. The molecule has 1 unspecified atom stereocenters. The second-order valence-corrected chi connectivity index (χ2v) is 4.82. The molecule has 1 aromatic heterocycles. The molecule has 15 heavy (non-hydrogen) atoms. The molecule has 0 aromatic carbocycles. The molecular formula is C13H21NO. The molecule has 1 aliphatic carbocycles. The van der Waals surface area contributed by atoms with Crippen LogP contribution in [0.3, 0.4) is 0 Å². The number of hydrogen-bond donors (Lipinski definition) is 1. The van der Waals surface area contributed by atoms with Gasteiger partial charge in [0.15, 0.2) is 0 Å². The quantitative estimate of drug-likeness (QED) is 0.805. The molecule has 0 saturated heterocycles. The van der Waals surface area contributed by atoms with Crippen molar-refractivity contribution in [3.05, 3.63) is 24.2 Å². The van der Waals surface area contributed by atoms with Gasteiger partial charge in [-0.3, -0.25) is 0 Å². The molecule has 2 heteroatoms. The van der Waals surface area contributed by atoms with Crippen molar-refractivity contribution in [3.8, 4) is 0 Å². The monoisotopic (exact) mass is 207 g/mol. The first kappa shape index (κ1) is 10.7. The molecule has 1 atom stereocenters. The summed E-state index contributed by atoms with van der Waals surface area (Å²) in [6.45, 7) is 0. The van der Waals surface area contributed by atoms with Crippen LogP contribution in [0.5, 0.6) is 0 Å². The predicted molar refractivity (Wildman–Crippen MR) is 61.6 cm³/mol. The van der Waals surface area contributed by atoms with Gasteiger partial charge in [0.2, 0.25) is 0 Å². The third-order valence-corrected chi connectivity index (χ3v) is 3.50. The van der Waals surface area contributed by atoms with Crippen LogP contribution in [0.2, 0.25) is 0 Å². The van der Waals surface area contributed by atoms with E-state index in [4.69, 9.17) is 10.2 Å². The molecule has 0 radical (unpaired) electrons. The van der Waals surface area contributed by atoms with Gasteiger partial charge in [-0.2, -0.15) is 0 Å². The van der Waals surface area contributed by atoms with Gasteiger partial charge in [-0.1, -0.05) is 25.7 Å². The summed E-state index contributed by atoms with van der Waals surface area (Å²) in [5, 5.41) is 0. The van der Waals surface area contributed by atoms with Crippen molar-refractivity contribution >= 4 is 0 Å². The van der Waals surface area contributed by atoms with Crippen molar-refractivity contribution in [2.45, 2.75) is 51.0 Å². The summed E-state index contributed by atoms with van der Waals surface area (Å²) in [6.07, 6.45) is 12.7. The molecule has 1 fully saturated rings. The smallest absolute Gasteiger partial charge is 0.0935 e. The Morgan fingerprint density at radius 2 is 2.20 bits per heavy atom. The fraction of sp³-hybridized carbons (Fsp3) is 0.692. The van der Waals surface area contributed by atoms with Crippen molar-refractivity contribution < 1.29 is 4.42 Å². The van der Waals surface area contributed by atoms with E-state index in [-0.39, 0.29) is 0 Å². The van der Waals surface area contributed by atoms with E-state index in [1.807, 2.05) is 6.07 Å². The Kier molecular flexibility index (Phi) is 3.84. The Hall–Kier alpha value is -0.760. The minimum absolute atomic E-state index is 0.309. The molecule has 0 amide bonds. The normalized spacial score (nSPS) is 19.5. The van der Waals surface area contributed by atoms with Gasteiger partial charge in [-0.25, -0.2) is 0 Å². The predicted octanol–water partition coefficient (Wildman–Crippen LogP) is 3.12. The van der Waals surface area contributed by atoms with Crippen molar-refractivity contribution in [1.29, 1.82) is 0 Å². The molecule has 1 saturated carbocycles. The van der Waals surface area contributed by atoms with E-state index in [9.17, 15) is 0 Å². The van der Waals surface area contributed by atoms with Crippen molar-refractivity contribution in [2.75, 3.05) is 0 Å². The maximum absolute atomic E-state index is 6.10. The van der Waals surface area contributed by atoms with Crippen LogP contribution >= 0.6 is 0 Å². The van der Waals surface area contributed by atoms with Gasteiger partial charge in [0, 0.05) is 6.04 Å². The molecule has 84 valence electrons. The van der Waals surface area contributed by atoms with E-state index < -0.39 is 0 Å². The second-order valence-electron chi connectivity index (χ2n) is 4.82. The Labute approximate surface area is 91.8 Å². The van der Waals surface area contributed by atoms with Crippen molar-refractivity contribution in [3.63, 3.8) is 0 Å². The molecule has 0 aliphatic heterocycles. The van der Waals surface area contributed by atoms with Crippen LogP contribution in [0.4, 0.5) is 0 Å². The molecule has 1 aromatic rings. The first-order chi connectivity index (χ1) is 7.34. The molecule has 0 spiro atoms. The zero-order chi connectivity index (χ0) is 10.5. The highest BCUT2D eigenvalue weighted by Crippen LogP contribution is 2.29. The summed E-state index contributed by atoms with van der Waals surface area (Å²) >= 11 is 0. The van der Waals surface area contributed by atoms with Gasteiger partial charge < -0.3 is 10.2 Å². The summed E-state index contributed by atoms with van der Waals surface area (Å²) < 4.78 is 5.04. The minimum Gasteiger partial charge on any atom is -0.472 e. The number of nitrogens with two attached hydrogens (primary N) is 1. The number of hydrogen-bond acceptors (Lipinski definition) is 2. The zero-order valence-electron chi connectivity index (χ0n) is 9.32. The lowest BCUT2D eigenvalue weighted by Gasteiger charge is -2.13. The zero-order valence-corrected chi connectivity index (χ0v) is 9.32. The SMILES string of the molecule is NC(CCC1CCCC1)Cc1ccoc1. The van der Waals surface area contributed by atoms with Gasteiger partial charge >= 0.3 is 0 Å². The fourth-order valence-electron chi connectivity index (χ4n) is 2.56. The Bertz CT molecular complexity index is 262. The maximum atomic E-state index is 6.10. The minimum atomic E-state index is 0.309. The lowest BCUT2D eigenvalue weighted by atomic mass is 9.96. The van der Waals surface area contributed by atoms with Crippen LogP contribution < -0.4 is 5.73 Å². The number of rotatable bonds is 5. The lowest BCUT2D eigenvalue weighted by Crippen LogP contribution is -2.23. The maximum Gasteiger partial charge on any atom is 0.0935 e. The molecule has 1 heterocycles. The molecular weight excluding hydrogens is 186 g/mol. The van der Waals surface area contributed by atoms with Crippen molar-refractivity contribution in [2.24, 2.45) is 11.7 Å². The highest BCUT2D eigenvalue weighted by atomic mass is 16.3. The van der Waals surface area contributed by atoms with E-state index in [2.05, 4.69) is 0 Å². The van der Waals surface area contributed by atoms with Crippen LogP contribution in [-0.4, -0.2) is 6.04 Å². The topological polar surface area (TPSA) is 39.2 Å². The van der Waals surface area contributed by atoms with E-state index >= 15 is 0 Å². The largest absolute Gasteiger partial charge is 0.472 e. The van der Waals surface area contributed by atoms with Crippen LogP contribution in [0, 0.1) is 5.92 Å². The summed E-state index contributed by atoms with van der Waals surface area (Å²) in [4.78, 5) is 0. The molecule has 0 bridgehead atoms. The Balaban J connectivity index is 1.66. The average molecular weight is 207 g/mol. The standard InChI is InChI=1S/C13H21NO/c14-13(9-12-7-8-15-10-12)6-5-11-3-1-2-4-11/h7-8,10-11,13H,1-6,9,14H2. The highest BCUT2D eigenvalue weighted by Gasteiger charge is 2.16. The summed E-state index contributed by atoms with van der Waals surface area (Å²) in [6, 6.07) is 2.32. The second kappa shape index (κ2) is 5.36. The van der Waals surface area contributed by atoms with Gasteiger partial charge in [0.25, 0.3) is 0 Å². The summed E-state index contributed by atoms with van der Waals surface area (Å²) in [5.74, 6) is 0.959. The molecule has 2 N–H and O–H groups in total. The summed E-state index contributed by atoms with van der Waals surface area (Å²) in [7, 11) is 0. The van der Waals surface area contributed by atoms with Crippen LogP contribution in [0.15, 0.2) is 23.0 Å². The first-order valence-corrected chi connectivity index (χ1v) is 6.11. The van der Waals surface area contributed by atoms with Gasteiger partial charge in [-0.05, 0) is 36.8 Å². The van der Waals surface area contributed by atoms with E-state index in [0.717, 1.165) is 18.8 Å². The van der Waals surface area contributed by atoms with E-state index in [1.165, 1.54) is 37.7 Å². The van der Waals surface area contributed by atoms with Gasteiger partial charge in [-0.15, -0.1) is 0 Å². The molecule has 2 rings (SSSR count). The highest BCUT2D eigenvalue weighted by molar-refractivity contribution is 5.06. The van der Waals surface area contributed by atoms with Gasteiger partial charge in [0.1, 0.15) is 0 Å².